The van der Waals surface area contributed by atoms with E-state index in [0.717, 1.165) is 17.6 Å². The van der Waals surface area contributed by atoms with Crippen LogP contribution in [0.4, 0.5) is 0 Å². The summed E-state index contributed by atoms with van der Waals surface area (Å²) >= 11 is 3.63. The van der Waals surface area contributed by atoms with Crippen LogP contribution in [0.5, 0.6) is 0 Å². The molecule has 0 saturated heterocycles. The van der Waals surface area contributed by atoms with E-state index in [-0.39, 0.29) is 0 Å². The van der Waals surface area contributed by atoms with E-state index in [1.54, 1.807) is 7.11 Å². The van der Waals surface area contributed by atoms with Crippen molar-refractivity contribution in [2.45, 2.75) is 13.5 Å². The van der Waals surface area contributed by atoms with Crippen LogP contribution in [0, 0.1) is 6.92 Å². The third-order valence-corrected chi connectivity index (χ3v) is 3.43. The van der Waals surface area contributed by atoms with Crippen LogP contribution < -0.4 is 0 Å². The molecule has 2 rings (SSSR count). The van der Waals surface area contributed by atoms with E-state index >= 15 is 0 Å². The number of benzene rings is 1. The number of nitrogens with zero attached hydrogens (tertiary/aromatic N) is 1. The van der Waals surface area contributed by atoms with Crippen molar-refractivity contribution in [3.63, 3.8) is 0 Å². The highest BCUT2D eigenvalue weighted by Crippen LogP contribution is 2.31. The van der Waals surface area contributed by atoms with E-state index in [9.17, 15) is 0 Å². The van der Waals surface area contributed by atoms with Gasteiger partial charge in [0.2, 0.25) is 0 Å². The average molecular weight is 294 g/mol. The number of hydrogen-bond donors (Lipinski definition) is 0. The van der Waals surface area contributed by atoms with Gasteiger partial charge in [0.15, 0.2) is 0 Å². The number of aromatic nitrogens is 1. The van der Waals surface area contributed by atoms with Gasteiger partial charge in [0.1, 0.15) is 0 Å². The van der Waals surface area contributed by atoms with E-state index in [2.05, 4.69) is 57.8 Å². The molecular formula is C14H16BrNO. The summed E-state index contributed by atoms with van der Waals surface area (Å²) in [5.41, 5.74) is 3.69. The number of rotatable bonds is 4. The molecule has 2 aromatic rings. The Morgan fingerprint density at radius 3 is 2.59 bits per heavy atom. The predicted octanol–water partition coefficient (Wildman–Crippen LogP) is 3.87. The second kappa shape index (κ2) is 5.52. The van der Waals surface area contributed by atoms with Crippen LogP contribution in [-0.2, 0) is 11.3 Å². The van der Waals surface area contributed by atoms with Crippen LogP contribution in [0.1, 0.15) is 5.69 Å². The molecule has 0 atom stereocenters. The Balaban J connectivity index is 2.45. The number of hydrogen-bond acceptors (Lipinski definition) is 1. The number of halogens is 1. The molecule has 2 nitrogen and oxygen atoms in total. The molecule has 0 bridgehead atoms. The molecular weight excluding hydrogens is 278 g/mol. The summed E-state index contributed by atoms with van der Waals surface area (Å²) in [5, 5.41) is 0. The molecule has 90 valence electrons. The standard InChI is InChI=1S/C14H16BrNO/c1-11-10-13(15)14(16(11)8-9-17-2)12-6-4-3-5-7-12/h3-7,10H,8-9H2,1-2H3. The van der Waals surface area contributed by atoms with Gasteiger partial charge in [0, 0.05) is 23.8 Å². The zero-order chi connectivity index (χ0) is 12.3. The summed E-state index contributed by atoms with van der Waals surface area (Å²) in [5.74, 6) is 0. The lowest BCUT2D eigenvalue weighted by Gasteiger charge is -2.11. The molecule has 0 radical (unpaired) electrons. The molecule has 0 aliphatic heterocycles. The summed E-state index contributed by atoms with van der Waals surface area (Å²) in [4.78, 5) is 0. The number of ether oxygens (including phenoxy) is 1. The van der Waals surface area contributed by atoms with Crippen LogP contribution in [0.2, 0.25) is 0 Å². The summed E-state index contributed by atoms with van der Waals surface area (Å²) < 4.78 is 8.58. The molecule has 0 unspecified atom stereocenters. The van der Waals surface area contributed by atoms with Crippen molar-refractivity contribution in [2.24, 2.45) is 0 Å². The maximum atomic E-state index is 5.16. The first-order valence-electron chi connectivity index (χ1n) is 5.64. The maximum Gasteiger partial charge on any atom is 0.0642 e. The van der Waals surface area contributed by atoms with Crippen LogP contribution in [0.15, 0.2) is 40.9 Å². The van der Waals surface area contributed by atoms with Crippen molar-refractivity contribution >= 4 is 15.9 Å². The Bertz CT molecular complexity index is 490. The fourth-order valence-electron chi connectivity index (χ4n) is 2.00. The Hall–Kier alpha value is -1.06. The van der Waals surface area contributed by atoms with Crippen molar-refractivity contribution in [1.82, 2.24) is 4.57 Å². The third kappa shape index (κ3) is 2.61. The van der Waals surface area contributed by atoms with Crippen molar-refractivity contribution in [2.75, 3.05) is 13.7 Å². The van der Waals surface area contributed by atoms with Crippen molar-refractivity contribution < 1.29 is 4.74 Å². The van der Waals surface area contributed by atoms with Gasteiger partial charge in [-0.15, -0.1) is 0 Å². The Labute approximate surface area is 110 Å². The Morgan fingerprint density at radius 1 is 1.24 bits per heavy atom. The molecule has 3 heteroatoms. The summed E-state index contributed by atoms with van der Waals surface area (Å²) in [7, 11) is 1.73. The number of aryl methyl sites for hydroxylation is 1. The molecule has 1 aromatic carbocycles. The molecule has 0 aliphatic rings. The monoisotopic (exact) mass is 293 g/mol. The SMILES string of the molecule is COCCn1c(C)cc(Br)c1-c1ccccc1. The van der Waals surface area contributed by atoms with Gasteiger partial charge in [-0.2, -0.15) is 0 Å². The fraction of sp³-hybridized carbons (Fsp3) is 0.286. The van der Waals surface area contributed by atoms with Gasteiger partial charge >= 0.3 is 0 Å². The topological polar surface area (TPSA) is 14.2 Å². The van der Waals surface area contributed by atoms with Gasteiger partial charge in [-0.3, -0.25) is 0 Å². The Morgan fingerprint density at radius 2 is 1.94 bits per heavy atom. The second-order valence-electron chi connectivity index (χ2n) is 3.99. The number of methoxy groups -OCH3 is 1. The van der Waals surface area contributed by atoms with Crippen LogP contribution in [0.25, 0.3) is 11.3 Å². The smallest absolute Gasteiger partial charge is 0.0642 e. The van der Waals surface area contributed by atoms with Crippen molar-refractivity contribution in [3.8, 4) is 11.3 Å². The van der Waals surface area contributed by atoms with Crippen molar-refractivity contribution in [3.05, 3.63) is 46.6 Å². The summed E-state index contributed by atoms with van der Waals surface area (Å²) in [6, 6.07) is 12.6. The van der Waals surface area contributed by atoms with E-state index < -0.39 is 0 Å². The van der Waals surface area contributed by atoms with Crippen LogP contribution >= 0.6 is 15.9 Å². The molecule has 0 saturated carbocycles. The van der Waals surface area contributed by atoms with Crippen LogP contribution in [0.3, 0.4) is 0 Å². The zero-order valence-electron chi connectivity index (χ0n) is 10.1. The third-order valence-electron chi connectivity index (χ3n) is 2.82. The first kappa shape index (κ1) is 12.4. The normalized spacial score (nSPS) is 10.8. The highest BCUT2D eigenvalue weighted by molar-refractivity contribution is 9.10. The van der Waals surface area contributed by atoms with E-state index in [1.165, 1.54) is 17.0 Å². The van der Waals surface area contributed by atoms with Gasteiger partial charge in [-0.1, -0.05) is 30.3 Å². The second-order valence-corrected chi connectivity index (χ2v) is 4.85. The predicted molar refractivity (Wildman–Crippen MR) is 74.2 cm³/mol. The lowest BCUT2D eigenvalue weighted by Crippen LogP contribution is -2.07. The zero-order valence-corrected chi connectivity index (χ0v) is 11.7. The van der Waals surface area contributed by atoms with Gasteiger partial charge < -0.3 is 9.30 Å². The molecule has 0 spiro atoms. The summed E-state index contributed by atoms with van der Waals surface area (Å²) in [6.07, 6.45) is 0. The van der Waals surface area contributed by atoms with Crippen molar-refractivity contribution in [1.29, 1.82) is 0 Å². The van der Waals surface area contributed by atoms with E-state index in [0.29, 0.717) is 0 Å². The lowest BCUT2D eigenvalue weighted by molar-refractivity contribution is 0.187. The van der Waals surface area contributed by atoms with Crippen LogP contribution in [-0.4, -0.2) is 18.3 Å². The van der Waals surface area contributed by atoms with Gasteiger partial charge in [-0.05, 0) is 34.5 Å². The Kier molecular flexibility index (Phi) is 4.02. The minimum absolute atomic E-state index is 0.724. The van der Waals surface area contributed by atoms with Gasteiger partial charge in [0.05, 0.1) is 12.3 Å². The first-order chi connectivity index (χ1) is 8.24. The highest BCUT2D eigenvalue weighted by Gasteiger charge is 2.12. The average Bonchev–Trinajstić information content (AvgIpc) is 2.62. The maximum absolute atomic E-state index is 5.16. The first-order valence-corrected chi connectivity index (χ1v) is 6.43. The van der Waals surface area contributed by atoms with Gasteiger partial charge in [0.25, 0.3) is 0 Å². The largest absolute Gasteiger partial charge is 0.383 e. The quantitative estimate of drug-likeness (QED) is 0.835. The highest BCUT2D eigenvalue weighted by atomic mass is 79.9. The minimum Gasteiger partial charge on any atom is -0.383 e. The molecule has 17 heavy (non-hydrogen) atoms. The molecule has 0 amide bonds. The van der Waals surface area contributed by atoms with E-state index in [1.807, 2.05) is 6.07 Å². The summed E-state index contributed by atoms with van der Waals surface area (Å²) in [6.45, 7) is 3.72. The molecule has 0 aliphatic carbocycles. The molecule has 1 heterocycles. The van der Waals surface area contributed by atoms with Gasteiger partial charge in [-0.25, -0.2) is 0 Å². The fourth-order valence-corrected chi connectivity index (χ4v) is 2.77. The van der Waals surface area contributed by atoms with E-state index in [4.69, 9.17) is 4.74 Å². The minimum atomic E-state index is 0.724. The lowest BCUT2D eigenvalue weighted by atomic mass is 10.1. The molecule has 0 fully saturated rings. The molecule has 1 aromatic heterocycles. The molecule has 0 N–H and O–H groups in total.